The van der Waals surface area contributed by atoms with E-state index in [4.69, 9.17) is 0 Å². The number of amides is 4. The number of nitrogens with one attached hydrogen (secondary N) is 1. The molecular formula is C14H22N4O3. The number of hydrogen-bond acceptors (Lipinski definition) is 5. The van der Waals surface area contributed by atoms with Crippen LogP contribution in [0, 0.1) is 5.92 Å². The van der Waals surface area contributed by atoms with Gasteiger partial charge in [-0.05, 0) is 20.5 Å². The molecule has 1 heterocycles. The summed E-state index contributed by atoms with van der Waals surface area (Å²) in [4.78, 5) is 43.3. The van der Waals surface area contributed by atoms with Gasteiger partial charge >= 0.3 is 6.03 Å². The van der Waals surface area contributed by atoms with Crippen LogP contribution in [-0.2, 0) is 9.59 Å². The maximum atomic E-state index is 12.3. The van der Waals surface area contributed by atoms with Crippen LogP contribution < -0.4 is 5.32 Å². The third-order valence-electron chi connectivity index (χ3n) is 3.12. The van der Waals surface area contributed by atoms with E-state index in [0.29, 0.717) is 18.7 Å². The Balaban J connectivity index is 2.95. The van der Waals surface area contributed by atoms with Crippen molar-refractivity contribution in [3.8, 4) is 0 Å². The zero-order valence-electron chi connectivity index (χ0n) is 12.8. The number of carbonyl (C=O) groups is 3. The molecule has 7 nitrogen and oxygen atoms in total. The van der Waals surface area contributed by atoms with Crippen LogP contribution in [-0.4, -0.2) is 67.1 Å². The highest BCUT2D eigenvalue weighted by molar-refractivity contribution is 6.27. The first-order chi connectivity index (χ1) is 9.92. The molecule has 1 N–H and O–H groups in total. The van der Waals surface area contributed by atoms with Gasteiger partial charge in [0.25, 0.3) is 0 Å². The van der Waals surface area contributed by atoms with Gasteiger partial charge in [-0.25, -0.2) is 4.79 Å². The normalized spacial score (nSPS) is 20.0. The lowest BCUT2D eigenvalue weighted by molar-refractivity contribution is -0.139. The Morgan fingerprint density at radius 2 is 2.10 bits per heavy atom. The van der Waals surface area contributed by atoms with E-state index in [0.717, 1.165) is 11.4 Å². The summed E-state index contributed by atoms with van der Waals surface area (Å²) in [5.74, 6) is -2.15. The Hall–Kier alpha value is -2.02. The number of carbonyl (C=O) groups excluding carboxylic acids is 3. The molecule has 1 fully saturated rings. The maximum Gasteiger partial charge on any atom is 0.331 e. The van der Waals surface area contributed by atoms with Crippen LogP contribution in [0.15, 0.2) is 17.6 Å². The van der Waals surface area contributed by atoms with Gasteiger partial charge in [-0.1, -0.05) is 13.0 Å². The average molecular weight is 294 g/mol. The molecule has 0 radical (unpaired) electrons. The molecule has 1 aliphatic heterocycles. The molecule has 1 aliphatic rings. The second kappa shape index (κ2) is 7.68. The standard InChI is InChI=1S/C14H22N4O3/c1-5-8-18-13(20)11(12(19)16-14(18)21)10(6-2)15-7-9-17(3)4/h5,11H,1,6-9H2,2-4H3,(H,16,19,21). The first-order valence-electron chi connectivity index (χ1n) is 6.87. The summed E-state index contributed by atoms with van der Waals surface area (Å²) in [5, 5.41) is 2.20. The quantitative estimate of drug-likeness (QED) is 0.415. The van der Waals surface area contributed by atoms with Gasteiger partial charge in [-0.15, -0.1) is 6.58 Å². The summed E-state index contributed by atoms with van der Waals surface area (Å²) in [7, 11) is 3.84. The molecule has 7 heteroatoms. The van der Waals surface area contributed by atoms with Gasteiger partial charge in [0.05, 0.1) is 6.54 Å². The highest BCUT2D eigenvalue weighted by Crippen LogP contribution is 2.14. The molecule has 0 bridgehead atoms. The van der Waals surface area contributed by atoms with Crippen LogP contribution in [0.3, 0.4) is 0 Å². The minimum Gasteiger partial charge on any atom is -0.308 e. The molecule has 0 aliphatic carbocycles. The molecular weight excluding hydrogens is 272 g/mol. The number of aliphatic imine (C=N–C) groups is 1. The van der Waals surface area contributed by atoms with E-state index in [9.17, 15) is 14.4 Å². The van der Waals surface area contributed by atoms with Gasteiger partial charge in [0.15, 0.2) is 5.92 Å². The first kappa shape index (κ1) is 17.0. The number of imide groups is 2. The van der Waals surface area contributed by atoms with Gasteiger partial charge in [-0.3, -0.25) is 24.8 Å². The van der Waals surface area contributed by atoms with Crippen molar-refractivity contribution >= 4 is 23.6 Å². The molecule has 0 aromatic carbocycles. The summed E-state index contributed by atoms with van der Waals surface area (Å²) in [6, 6.07) is -0.704. The number of likely N-dealkylation sites (N-methyl/N-ethyl adjacent to an activating group) is 1. The van der Waals surface area contributed by atoms with E-state index in [1.807, 2.05) is 25.9 Å². The fraction of sp³-hybridized carbons (Fsp3) is 0.571. The Morgan fingerprint density at radius 1 is 1.43 bits per heavy atom. The molecule has 21 heavy (non-hydrogen) atoms. The van der Waals surface area contributed by atoms with Crippen LogP contribution >= 0.6 is 0 Å². The van der Waals surface area contributed by atoms with E-state index in [-0.39, 0.29) is 6.54 Å². The second-order valence-electron chi connectivity index (χ2n) is 4.99. The summed E-state index contributed by atoms with van der Waals surface area (Å²) in [6.45, 7) is 6.64. The van der Waals surface area contributed by atoms with Crippen molar-refractivity contribution in [3.05, 3.63) is 12.7 Å². The van der Waals surface area contributed by atoms with Crippen LogP contribution in [0.5, 0.6) is 0 Å². The van der Waals surface area contributed by atoms with E-state index in [2.05, 4.69) is 16.9 Å². The molecule has 4 amide bonds. The van der Waals surface area contributed by atoms with E-state index < -0.39 is 23.8 Å². The maximum absolute atomic E-state index is 12.3. The van der Waals surface area contributed by atoms with Crippen molar-refractivity contribution in [3.63, 3.8) is 0 Å². The van der Waals surface area contributed by atoms with Crippen molar-refractivity contribution < 1.29 is 14.4 Å². The Kier molecular flexibility index (Phi) is 6.23. The highest BCUT2D eigenvalue weighted by atomic mass is 16.2. The number of nitrogens with zero attached hydrogens (tertiary/aromatic N) is 3. The third-order valence-corrected chi connectivity index (χ3v) is 3.12. The second-order valence-corrected chi connectivity index (χ2v) is 4.99. The molecule has 1 atom stereocenters. The van der Waals surface area contributed by atoms with Crippen molar-refractivity contribution in [2.75, 3.05) is 33.7 Å². The van der Waals surface area contributed by atoms with Gasteiger partial charge in [0.1, 0.15) is 0 Å². The third kappa shape index (κ3) is 4.22. The molecule has 1 rings (SSSR count). The van der Waals surface area contributed by atoms with Crippen LogP contribution in [0.2, 0.25) is 0 Å². The van der Waals surface area contributed by atoms with E-state index in [1.165, 1.54) is 6.08 Å². The molecule has 1 saturated heterocycles. The SMILES string of the molecule is C=CCN1C(=O)NC(=O)C(C(CC)=NCCN(C)C)C1=O. The van der Waals surface area contributed by atoms with Gasteiger partial charge in [-0.2, -0.15) is 0 Å². The zero-order chi connectivity index (χ0) is 16.0. The topological polar surface area (TPSA) is 82.1 Å². The summed E-state index contributed by atoms with van der Waals surface area (Å²) < 4.78 is 0. The summed E-state index contributed by atoms with van der Waals surface area (Å²) in [5.41, 5.74) is 0.501. The van der Waals surface area contributed by atoms with Crippen LogP contribution in [0.1, 0.15) is 13.3 Å². The lowest BCUT2D eigenvalue weighted by Crippen LogP contribution is -2.59. The zero-order valence-corrected chi connectivity index (χ0v) is 12.8. The summed E-state index contributed by atoms with van der Waals surface area (Å²) >= 11 is 0. The largest absolute Gasteiger partial charge is 0.331 e. The predicted molar refractivity (Wildman–Crippen MR) is 80.1 cm³/mol. The van der Waals surface area contributed by atoms with Gasteiger partial charge in [0.2, 0.25) is 11.8 Å². The van der Waals surface area contributed by atoms with Crippen molar-refractivity contribution in [1.82, 2.24) is 15.1 Å². The lowest BCUT2D eigenvalue weighted by atomic mass is 9.96. The van der Waals surface area contributed by atoms with Crippen molar-refractivity contribution in [1.29, 1.82) is 0 Å². The van der Waals surface area contributed by atoms with Crippen molar-refractivity contribution in [2.24, 2.45) is 10.9 Å². The van der Waals surface area contributed by atoms with E-state index >= 15 is 0 Å². The average Bonchev–Trinajstić information content (AvgIpc) is 2.41. The highest BCUT2D eigenvalue weighted by Gasteiger charge is 2.42. The Labute approximate surface area is 124 Å². The monoisotopic (exact) mass is 294 g/mol. The summed E-state index contributed by atoms with van der Waals surface area (Å²) in [6.07, 6.45) is 1.92. The minimum atomic E-state index is -1.02. The Morgan fingerprint density at radius 3 is 2.62 bits per heavy atom. The smallest absolute Gasteiger partial charge is 0.308 e. The molecule has 1 unspecified atom stereocenters. The van der Waals surface area contributed by atoms with Gasteiger partial charge in [0, 0.05) is 18.8 Å². The lowest BCUT2D eigenvalue weighted by Gasteiger charge is -2.29. The predicted octanol–water partition coefficient (Wildman–Crippen LogP) is 0.280. The Bertz CT molecular complexity index is 471. The number of hydrogen-bond donors (Lipinski definition) is 1. The molecule has 0 saturated carbocycles. The number of rotatable bonds is 7. The minimum absolute atomic E-state index is 0.0726. The fourth-order valence-electron chi connectivity index (χ4n) is 2.01. The number of urea groups is 1. The first-order valence-corrected chi connectivity index (χ1v) is 6.87. The number of barbiturate groups is 1. The van der Waals surface area contributed by atoms with E-state index in [1.54, 1.807) is 0 Å². The van der Waals surface area contributed by atoms with Crippen molar-refractivity contribution in [2.45, 2.75) is 13.3 Å². The molecule has 0 aromatic heterocycles. The molecule has 0 aromatic rings. The van der Waals surface area contributed by atoms with Crippen LogP contribution in [0.25, 0.3) is 0 Å². The van der Waals surface area contributed by atoms with Crippen LogP contribution in [0.4, 0.5) is 4.79 Å². The van der Waals surface area contributed by atoms with Gasteiger partial charge < -0.3 is 4.90 Å². The fourth-order valence-corrected chi connectivity index (χ4v) is 2.01. The molecule has 116 valence electrons. The molecule has 0 spiro atoms.